The molecule has 0 atom stereocenters. The molecule has 0 radical (unpaired) electrons. The number of amides is 2. The predicted molar refractivity (Wildman–Crippen MR) is 90.5 cm³/mol. The van der Waals surface area contributed by atoms with Gasteiger partial charge in [0.1, 0.15) is 5.82 Å². The van der Waals surface area contributed by atoms with Crippen LogP contribution in [0.3, 0.4) is 0 Å². The van der Waals surface area contributed by atoms with Crippen molar-refractivity contribution < 1.29 is 9.59 Å². The predicted octanol–water partition coefficient (Wildman–Crippen LogP) is 2.72. The molecule has 0 spiro atoms. The third-order valence-corrected chi connectivity index (χ3v) is 3.37. The van der Waals surface area contributed by atoms with Crippen molar-refractivity contribution in [2.75, 3.05) is 18.9 Å². The maximum absolute atomic E-state index is 12.4. The first-order valence-electron chi connectivity index (χ1n) is 7.41. The van der Waals surface area contributed by atoms with E-state index in [-0.39, 0.29) is 18.4 Å². The van der Waals surface area contributed by atoms with Gasteiger partial charge in [-0.25, -0.2) is 4.98 Å². The van der Waals surface area contributed by atoms with Crippen LogP contribution in [0.2, 0.25) is 0 Å². The summed E-state index contributed by atoms with van der Waals surface area (Å²) in [5, 5.41) is 2.69. The number of pyridine rings is 1. The summed E-state index contributed by atoms with van der Waals surface area (Å²) >= 11 is 0. The van der Waals surface area contributed by atoms with E-state index in [9.17, 15) is 9.59 Å². The third kappa shape index (κ3) is 4.64. The van der Waals surface area contributed by atoms with Crippen LogP contribution in [0.4, 0.5) is 5.82 Å². The molecule has 1 aromatic carbocycles. The molecule has 0 aliphatic rings. The molecule has 0 fully saturated rings. The number of rotatable bonds is 4. The fourth-order valence-corrected chi connectivity index (χ4v) is 2.33. The van der Waals surface area contributed by atoms with Crippen LogP contribution in [0.15, 0.2) is 36.5 Å². The molecule has 5 heteroatoms. The number of anilines is 1. The van der Waals surface area contributed by atoms with Crippen LogP contribution in [-0.4, -0.2) is 35.3 Å². The molecule has 1 aromatic heterocycles. The Morgan fingerprint density at radius 2 is 1.70 bits per heavy atom. The lowest BCUT2D eigenvalue weighted by Gasteiger charge is -2.17. The van der Waals surface area contributed by atoms with Gasteiger partial charge in [-0.2, -0.15) is 0 Å². The van der Waals surface area contributed by atoms with Crippen LogP contribution >= 0.6 is 0 Å². The van der Waals surface area contributed by atoms with Gasteiger partial charge in [0.15, 0.2) is 0 Å². The van der Waals surface area contributed by atoms with Crippen LogP contribution in [0.25, 0.3) is 0 Å². The number of likely N-dealkylation sites (N-methyl/N-ethyl adjacent to an activating group) is 1. The molecule has 0 bridgehead atoms. The molecule has 2 rings (SSSR count). The molecule has 0 saturated carbocycles. The third-order valence-electron chi connectivity index (χ3n) is 3.37. The van der Waals surface area contributed by atoms with Gasteiger partial charge in [-0.05, 0) is 44.5 Å². The Kier molecular flexibility index (Phi) is 5.11. The van der Waals surface area contributed by atoms with Crippen LogP contribution < -0.4 is 5.32 Å². The van der Waals surface area contributed by atoms with Gasteiger partial charge >= 0.3 is 0 Å². The lowest BCUT2D eigenvalue weighted by Crippen LogP contribution is -2.35. The number of carbonyl (C=O) groups excluding carboxylic acids is 2. The minimum atomic E-state index is -0.276. The summed E-state index contributed by atoms with van der Waals surface area (Å²) in [6.45, 7) is 5.79. The summed E-state index contributed by atoms with van der Waals surface area (Å²) in [6.07, 6.45) is 1.68. The Morgan fingerprint density at radius 1 is 1.04 bits per heavy atom. The SMILES string of the molecule is Cc1ccc(NC(=O)CN(C)C(=O)c2cc(C)cc(C)c2)nc1. The van der Waals surface area contributed by atoms with E-state index < -0.39 is 0 Å². The molecule has 23 heavy (non-hydrogen) atoms. The van der Waals surface area contributed by atoms with E-state index in [1.807, 2.05) is 45.0 Å². The van der Waals surface area contributed by atoms with Crippen LogP contribution in [-0.2, 0) is 4.79 Å². The van der Waals surface area contributed by atoms with E-state index in [0.717, 1.165) is 16.7 Å². The number of aryl methyl sites for hydroxylation is 3. The van der Waals surface area contributed by atoms with Crippen molar-refractivity contribution in [3.8, 4) is 0 Å². The average Bonchev–Trinajstić information content (AvgIpc) is 2.47. The largest absolute Gasteiger partial charge is 0.332 e. The number of aromatic nitrogens is 1. The molecule has 0 aliphatic heterocycles. The maximum atomic E-state index is 12.4. The summed E-state index contributed by atoms with van der Waals surface area (Å²) < 4.78 is 0. The zero-order valence-electron chi connectivity index (χ0n) is 13.9. The highest BCUT2D eigenvalue weighted by Crippen LogP contribution is 2.11. The fourth-order valence-electron chi connectivity index (χ4n) is 2.33. The second-order valence-electron chi connectivity index (χ2n) is 5.81. The molecule has 1 N–H and O–H groups in total. The molecular formula is C18H21N3O2. The highest BCUT2D eigenvalue weighted by atomic mass is 16.2. The summed E-state index contributed by atoms with van der Waals surface area (Å²) in [5.41, 5.74) is 3.65. The van der Waals surface area contributed by atoms with E-state index in [0.29, 0.717) is 11.4 Å². The fraction of sp³-hybridized carbons (Fsp3) is 0.278. The van der Waals surface area contributed by atoms with Gasteiger partial charge in [-0.3, -0.25) is 9.59 Å². The number of benzene rings is 1. The molecule has 2 amide bonds. The average molecular weight is 311 g/mol. The number of nitrogens with one attached hydrogen (secondary N) is 1. The Morgan fingerprint density at radius 3 is 2.26 bits per heavy atom. The van der Waals surface area contributed by atoms with E-state index >= 15 is 0 Å². The first-order valence-corrected chi connectivity index (χ1v) is 7.41. The van der Waals surface area contributed by atoms with Gasteiger partial charge in [-0.15, -0.1) is 0 Å². The normalized spacial score (nSPS) is 10.3. The summed E-state index contributed by atoms with van der Waals surface area (Å²) in [5.74, 6) is 0.0262. The summed E-state index contributed by atoms with van der Waals surface area (Å²) in [6, 6.07) is 9.26. The van der Waals surface area contributed by atoms with Gasteiger partial charge in [0.2, 0.25) is 5.91 Å². The van der Waals surface area contributed by atoms with Gasteiger partial charge in [0.25, 0.3) is 5.91 Å². The second-order valence-corrected chi connectivity index (χ2v) is 5.81. The topological polar surface area (TPSA) is 62.3 Å². The van der Waals surface area contributed by atoms with Crippen molar-refractivity contribution in [1.82, 2.24) is 9.88 Å². The molecular weight excluding hydrogens is 290 g/mol. The highest BCUT2D eigenvalue weighted by Gasteiger charge is 2.15. The summed E-state index contributed by atoms with van der Waals surface area (Å²) in [4.78, 5) is 30.0. The molecule has 0 saturated heterocycles. The molecule has 5 nitrogen and oxygen atoms in total. The zero-order valence-corrected chi connectivity index (χ0v) is 13.9. The van der Waals surface area contributed by atoms with E-state index in [1.165, 1.54) is 4.90 Å². The van der Waals surface area contributed by atoms with Crippen molar-refractivity contribution in [2.24, 2.45) is 0 Å². The zero-order chi connectivity index (χ0) is 17.0. The second kappa shape index (κ2) is 7.05. The summed E-state index contributed by atoms with van der Waals surface area (Å²) in [7, 11) is 1.61. The molecule has 0 aliphatic carbocycles. The van der Waals surface area contributed by atoms with E-state index in [4.69, 9.17) is 0 Å². The van der Waals surface area contributed by atoms with Crippen molar-refractivity contribution in [1.29, 1.82) is 0 Å². The van der Waals surface area contributed by atoms with E-state index in [2.05, 4.69) is 10.3 Å². The lowest BCUT2D eigenvalue weighted by atomic mass is 10.1. The Hall–Kier alpha value is -2.69. The quantitative estimate of drug-likeness (QED) is 0.944. The van der Waals surface area contributed by atoms with Gasteiger partial charge < -0.3 is 10.2 Å². The Balaban J connectivity index is 1.99. The smallest absolute Gasteiger partial charge is 0.254 e. The molecule has 1 heterocycles. The van der Waals surface area contributed by atoms with Gasteiger partial charge in [-0.1, -0.05) is 23.3 Å². The van der Waals surface area contributed by atoms with E-state index in [1.54, 1.807) is 19.3 Å². The van der Waals surface area contributed by atoms with Crippen LogP contribution in [0.1, 0.15) is 27.0 Å². The number of hydrogen-bond acceptors (Lipinski definition) is 3. The standard InChI is InChI=1S/C18H21N3O2/c1-12-5-6-16(19-10-12)20-17(22)11-21(4)18(23)15-8-13(2)7-14(3)9-15/h5-10H,11H2,1-4H3,(H,19,20,22). The van der Waals surface area contributed by atoms with Crippen molar-refractivity contribution in [3.63, 3.8) is 0 Å². The maximum Gasteiger partial charge on any atom is 0.254 e. The highest BCUT2D eigenvalue weighted by molar-refractivity contribution is 5.99. The monoisotopic (exact) mass is 311 g/mol. The van der Waals surface area contributed by atoms with Crippen molar-refractivity contribution in [3.05, 3.63) is 58.8 Å². The molecule has 0 unspecified atom stereocenters. The minimum absolute atomic E-state index is 0.0264. The Bertz CT molecular complexity index is 703. The molecule has 2 aromatic rings. The minimum Gasteiger partial charge on any atom is -0.332 e. The van der Waals surface area contributed by atoms with Crippen molar-refractivity contribution in [2.45, 2.75) is 20.8 Å². The number of nitrogens with zero attached hydrogens (tertiary/aromatic N) is 2. The van der Waals surface area contributed by atoms with Gasteiger partial charge in [0, 0.05) is 18.8 Å². The molecule has 120 valence electrons. The number of carbonyl (C=O) groups is 2. The Labute approximate surface area is 136 Å². The number of hydrogen-bond donors (Lipinski definition) is 1. The first kappa shape index (κ1) is 16.7. The van der Waals surface area contributed by atoms with Crippen LogP contribution in [0.5, 0.6) is 0 Å². The van der Waals surface area contributed by atoms with Crippen LogP contribution in [0, 0.1) is 20.8 Å². The first-order chi connectivity index (χ1) is 10.8. The van der Waals surface area contributed by atoms with Crippen molar-refractivity contribution >= 4 is 17.6 Å². The lowest BCUT2D eigenvalue weighted by molar-refractivity contribution is -0.116. The van der Waals surface area contributed by atoms with Gasteiger partial charge in [0.05, 0.1) is 6.54 Å².